The maximum Gasteiger partial charge on any atom is 0.307 e. The summed E-state index contributed by atoms with van der Waals surface area (Å²) in [6.07, 6.45) is 0.129. The van der Waals surface area contributed by atoms with Gasteiger partial charge in [0.1, 0.15) is 11.5 Å². The van der Waals surface area contributed by atoms with Crippen molar-refractivity contribution in [1.29, 1.82) is 0 Å². The van der Waals surface area contributed by atoms with Gasteiger partial charge >= 0.3 is 5.97 Å². The number of hydrogen-bond donors (Lipinski definition) is 0. The minimum absolute atomic E-state index is 0.129. The molecule has 0 spiro atoms. The van der Waals surface area contributed by atoms with Gasteiger partial charge in [-0.1, -0.05) is 0 Å². The number of benzene rings is 1. The van der Waals surface area contributed by atoms with Crippen molar-refractivity contribution in [1.82, 2.24) is 4.90 Å². The van der Waals surface area contributed by atoms with E-state index in [4.69, 9.17) is 18.9 Å². The van der Waals surface area contributed by atoms with Crippen molar-refractivity contribution >= 4 is 11.9 Å². The topological polar surface area (TPSA) is 74.3 Å². The van der Waals surface area contributed by atoms with Gasteiger partial charge in [0, 0.05) is 31.8 Å². The van der Waals surface area contributed by atoms with Crippen LogP contribution in [-0.4, -0.2) is 64.4 Å². The van der Waals surface area contributed by atoms with Gasteiger partial charge < -0.3 is 23.8 Å². The van der Waals surface area contributed by atoms with E-state index in [1.54, 1.807) is 37.1 Å². The van der Waals surface area contributed by atoms with Gasteiger partial charge in [0.2, 0.25) is 0 Å². The maximum atomic E-state index is 12.8. The van der Waals surface area contributed by atoms with Crippen molar-refractivity contribution in [2.75, 3.05) is 47.6 Å². The van der Waals surface area contributed by atoms with Gasteiger partial charge in [0.15, 0.2) is 0 Å². The average Bonchev–Trinajstić information content (AvgIpc) is 2.61. The molecule has 0 atom stereocenters. The Bertz CT molecular complexity index is 524. The van der Waals surface area contributed by atoms with Crippen molar-refractivity contribution in [3.05, 3.63) is 23.8 Å². The van der Waals surface area contributed by atoms with Crippen molar-refractivity contribution in [2.24, 2.45) is 0 Å². The first-order valence-electron chi connectivity index (χ1n) is 7.72. The molecule has 24 heavy (non-hydrogen) atoms. The van der Waals surface area contributed by atoms with Gasteiger partial charge in [0.25, 0.3) is 5.91 Å². The lowest BCUT2D eigenvalue weighted by Gasteiger charge is -2.22. The van der Waals surface area contributed by atoms with Crippen molar-refractivity contribution in [2.45, 2.75) is 13.3 Å². The molecule has 0 saturated carbocycles. The number of rotatable bonds is 10. The Morgan fingerprint density at radius 3 is 2.12 bits per heavy atom. The molecule has 0 bridgehead atoms. The molecule has 1 aromatic carbocycles. The molecule has 0 saturated heterocycles. The first kappa shape index (κ1) is 19.8. The highest BCUT2D eigenvalue weighted by Crippen LogP contribution is 2.23. The van der Waals surface area contributed by atoms with E-state index in [1.165, 1.54) is 14.2 Å². The van der Waals surface area contributed by atoms with Crippen molar-refractivity contribution < 1.29 is 28.5 Å². The molecule has 134 valence electrons. The molecule has 7 heteroatoms. The second kappa shape index (κ2) is 10.5. The maximum absolute atomic E-state index is 12.8. The Labute approximate surface area is 142 Å². The molecule has 0 aromatic heterocycles. The Balaban J connectivity index is 2.91. The predicted octanol–water partition coefficient (Wildman–Crippen LogP) is 1.75. The van der Waals surface area contributed by atoms with Crippen LogP contribution in [0.4, 0.5) is 0 Å². The molecule has 0 unspecified atom stereocenters. The normalized spacial score (nSPS) is 10.2. The first-order valence-corrected chi connectivity index (χ1v) is 7.72. The number of carbonyl (C=O) groups excluding carboxylic acids is 2. The van der Waals surface area contributed by atoms with E-state index in [2.05, 4.69) is 0 Å². The quantitative estimate of drug-likeness (QED) is 0.605. The van der Waals surface area contributed by atoms with Gasteiger partial charge in [-0.05, 0) is 19.1 Å². The Kier molecular flexibility index (Phi) is 8.64. The van der Waals surface area contributed by atoms with E-state index < -0.39 is 0 Å². The fraction of sp³-hybridized carbons (Fsp3) is 0.529. The average molecular weight is 339 g/mol. The smallest absolute Gasteiger partial charge is 0.307 e. The highest BCUT2D eigenvalue weighted by atomic mass is 16.5. The van der Waals surface area contributed by atoms with Crippen LogP contribution in [0.3, 0.4) is 0 Å². The van der Waals surface area contributed by atoms with E-state index in [9.17, 15) is 9.59 Å². The zero-order valence-electron chi connectivity index (χ0n) is 14.7. The molecular weight excluding hydrogens is 314 g/mol. The fourth-order valence-electron chi connectivity index (χ4n) is 2.09. The van der Waals surface area contributed by atoms with Gasteiger partial charge in [-0.3, -0.25) is 9.59 Å². The van der Waals surface area contributed by atoms with Crippen LogP contribution in [0.25, 0.3) is 0 Å². The molecule has 1 rings (SSSR count). The zero-order chi connectivity index (χ0) is 17.9. The molecule has 7 nitrogen and oxygen atoms in total. The summed E-state index contributed by atoms with van der Waals surface area (Å²) in [6, 6.07) is 4.96. The molecule has 0 aliphatic heterocycles. The summed E-state index contributed by atoms with van der Waals surface area (Å²) in [5.74, 6) is 0.481. The summed E-state index contributed by atoms with van der Waals surface area (Å²) in [5, 5.41) is 0. The number of amides is 1. The van der Waals surface area contributed by atoms with E-state index in [1.807, 2.05) is 0 Å². The molecule has 0 N–H and O–H groups in total. The van der Waals surface area contributed by atoms with Crippen LogP contribution in [0.1, 0.15) is 23.7 Å². The molecule has 0 heterocycles. The lowest BCUT2D eigenvalue weighted by atomic mass is 10.1. The van der Waals surface area contributed by atoms with Crippen LogP contribution in [-0.2, 0) is 14.3 Å². The third-order valence-electron chi connectivity index (χ3n) is 3.34. The van der Waals surface area contributed by atoms with Crippen LogP contribution in [0.15, 0.2) is 18.2 Å². The van der Waals surface area contributed by atoms with Gasteiger partial charge in [-0.15, -0.1) is 0 Å². The molecular formula is C17H25NO6. The summed E-state index contributed by atoms with van der Waals surface area (Å²) < 4.78 is 20.3. The Morgan fingerprint density at radius 1 is 1.00 bits per heavy atom. The van der Waals surface area contributed by atoms with E-state index in [0.717, 1.165) is 0 Å². The Morgan fingerprint density at radius 2 is 1.62 bits per heavy atom. The second-order valence-electron chi connectivity index (χ2n) is 4.94. The first-order chi connectivity index (χ1) is 11.5. The molecule has 0 aliphatic rings. The molecule has 0 aliphatic carbocycles. The minimum Gasteiger partial charge on any atom is -0.497 e. The Hall–Kier alpha value is -2.28. The third kappa shape index (κ3) is 6.08. The van der Waals surface area contributed by atoms with Crippen LogP contribution in [0, 0.1) is 0 Å². The fourth-order valence-corrected chi connectivity index (χ4v) is 2.09. The summed E-state index contributed by atoms with van der Waals surface area (Å²) in [5.41, 5.74) is 0.422. The van der Waals surface area contributed by atoms with Crippen LogP contribution >= 0.6 is 0 Å². The SMILES string of the molecule is CCOC(=O)CCN(CCOC)C(=O)c1cc(OC)cc(OC)c1. The second-order valence-corrected chi connectivity index (χ2v) is 4.94. The molecule has 1 amide bonds. The predicted molar refractivity (Wildman–Crippen MR) is 88.6 cm³/mol. The monoisotopic (exact) mass is 339 g/mol. The number of methoxy groups -OCH3 is 3. The highest BCUT2D eigenvalue weighted by Gasteiger charge is 2.19. The lowest BCUT2D eigenvalue weighted by molar-refractivity contribution is -0.143. The lowest BCUT2D eigenvalue weighted by Crippen LogP contribution is -2.36. The third-order valence-corrected chi connectivity index (χ3v) is 3.34. The zero-order valence-corrected chi connectivity index (χ0v) is 14.7. The number of carbonyl (C=O) groups is 2. The number of hydrogen-bond acceptors (Lipinski definition) is 6. The number of ether oxygens (including phenoxy) is 4. The summed E-state index contributed by atoms with van der Waals surface area (Å²) in [7, 11) is 4.60. The molecule has 1 aromatic rings. The van der Waals surface area contributed by atoms with E-state index in [-0.39, 0.29) is 24.8 Å². The van der Waals surface area contributed by atoms with Crippen LogP contribution < -0.4 is 9.47 Å². The van der Waals surface area contributed by atoms with Crippen LogP contribution in [0.2, 0.25) is 0 Å². The van der Waals surface area contributed by atoms with Gasteiger partial charge in [-0.2, -0.15) is 0 Å². The van der Waals surface area contributed by atoms with Crippen LogP contribution in [0.5, 0.6) is 11.5 Å². The summed E-state index contributed by atoms with van der Waals surface area (Å²) in [4.78, 5) is 25.9. The van der Waals surface area contributed by atoms with E-state index >= 15 is 0 Å². The highest BCUT2D eigenvalue weighted by molar-refractivity contribution is 5.95. The van der Waals surface area contributed by atoms with Gasteiger partial charge in [0.05, 0.1) is 33.9 Å². The summed E-state index contributed by atoms with van der Waals surface area (Å²) >= 11 is 0. The van der Waals surface area contributed by atoms with Crippen molar-refractivity contribution in [3.63, 3.8) is 0 Å². The minimum atomic E-state index is -0.337. The summed E-state index contributed by atoms with van der Waals surface area (Å²) in [6.45, 7) is 3.05. The standard InChI is InChI=1S/C17H25NO6/c1-5-24-16(19)6-7-18(8-9-21-2)17(20)13-10-14(22-3)12-15(11-13)23-4/h10-12H,5-9H2,1-4H3. The van der Waals surface area contributed by atoms with Gasteiger partial charge in [-0.25, -0.2) is 0 Å². The number of esters is 1. The molecule has 0 fully saturated rings. The van der Waals surface area contributed by atoms with Crippen molar-refractivity contribution in [3.8, 4) is 11.5 Å². The largest absolute Gasteiger partial charge is 0.497 e. The van der Waals surface area contributed by atoms with E-state index in [0.29, 0.717) is 36.8 Å². The number of nitrogens with zero attached hydrogens (tertiary/aromatic N) is 1. The molecule has 0 radical (unpaired) electrons.